The molecule has 17 heteroatoms. The van der Waals surface area contributed by atoms with Crippen LogP contribution >= 0.6 is 51.5 Å². The molecule has 11 nitrogen and oxygen atoms in total. The van der Waals surface area contributed by atoms with E-state index in [0.29, 0.717) is 0 Å². The molecule has 0 spiro atoms. The molecule has 0 aliphatic carbocycles. The van der Waals surface area contributed by atoms with Crippen molar-refractivity contribution in [3.05, 3.63) is 0 Å². The van der Waals surface area contributed by atoms with Gasteiger partial charge in [0.25, 0.3) is 13.1 Å². The van der Waals surface area contributed by atoms with Crippen molar-refractivity contribution in [2.24, 2.45) is 0 Å². The predicted octanol–water partition coefficient (Wildman–Crippen LogP) is 1.63. The largest absolute Gasteiger partial charge is 0.336 e. The van der Waals surface area contributed by atoms with Crippen molar-refractivity contribution < 1.29 is 47.6 Å². The van der Waals surface area contributed by atoms with Gasteiger partial charge in [-0.25, -0.2) is 0 Å². The highest BCUT2D eigenvalue weighted by atomic mass is 32.8. The van der Waals surface area contributed by atoms with E-state index in [2.05, 4.69) is 0 Å². The molecular weight excluding hydrogens is 422 g/mol. The maximum absolute atomic E-state index is 11.8. The van der Waals surface area contributed by atoms with Gasteiger partial charge in [-0.2, -0.15) is 3.71 Å². The van der Waals surface area contributed by atoms with Gasteiger partial charge >= 0.3 is 15.2 Å². The van der Waals surface area contributed by atoms with Crippen molar-refractivity contribution in [1.29, 1.82) is 0 Å². The first-order chi connectivity index (χ1) is 9.43. The molecular formula is C5H17NO10P4S2. The van der Waals surface area contributed by atoms with Crippen molar-refractivity contribution in [2.75, 3.05) is 11.8 Å². The van der Waals surface area contributed by atoms with Crippen LogP contribution in [0.3, 0.4) is 0 Å². The zero-order chi connectivity index (χ0) is 18.0. The van der Waals surface area contributed by atoms with Gasteiger partial charge in [0.2, 0.25) is 0 Å². The van der Waals surface area contributed by atoms with Crippen molar-refractivity contribution in [2.45, 2.75) is 19.9 Å². The van der Waals surface area contributed by atoms with E-state index in [1.165, 1.54) is 13.8 Å². The molecule has 0 saturated heterocycles. The van der Waals surface area contributed by atoms with Crippen LogP contribution < -0.4 is 0 Å². The van der Waals surface area contributed by atoms with E-state index in [1.807, 2.05) is 0 Å². The van der Waals surface area contributed by atoms with E-state index < -0.39 is 46.2 Å². The first-order valence-corrected chi connectivity index (χ1v) is 15.4. The summed E-state index contributed by atoms with van der Waals surface area (Å²) in [6.45, 7) is -5.95. The van der Waals surface area contributed by atoms with Crippen LogP contribution in [0.1, 0.15) is 13.8 Å². The summed E-state index contributed by atoms with van der Waals surface area (Å²) in [5.41, 5.74) is 0. The van der Waals surface area contributed by atoms with E-state index in [1.54, 1.807) is 0 Å². The summed E-state index contributed by atoms with van der Waals surface area (Å²) < 4.78 is 45.9. The van der Waals surface area contributed by atoms with E-state index >= 15 is 0 Å². The van der Waals surface area contributed by atoms with E-state index in [4.69, 9.17) is 19.6 Å². The Labute approximate surface area is 134 Å². The van der Waals surface area contributed by atoms with Crippen LogP contribution in [0, 0.1) is 0 Å². The average molecular weight is 439 g/mol. The van der Waals surface area contributed by atoms with E-state index in [9.17, 15) is 28.0 Å². The van der Waals surface area contributed by atoms with Crippen molar-refractivity contribution >= 4 is 51.5 Å². The molecule has 0 aliphatic heterocycles. The second-order valence-electron chi connectivity index (χ2n) is 4.43. The molecule has 2 unspecified atom stereocenters. The Kier molecular flexibility index (Phi) is 8.64. The molecule has 0 saturated carbocycles. The van der Waals surface area contributed by atoms with Crippen LogP contribution in [0.15, 0.2) is 0 Å². The Balaban J connectivity index is 5.11. The Bertz CT molecular complexity index is 524. The fourth-order valence-corrected chi connectivity index (χ4v) is 15.3. The molecule has 0 aromatic carbocycles. The minimum absolute atomic E-state index is 0.0648. The summed E-state index contributed by atoms with van der Waals surface area (Å²) in [5.74, 6) is -2.66. The zero-order valence-electron chi connectivity index (χ0n) is 11.4. The lowest BCUT2D eigenvalue weighted by Gasteiger charge is -2.27. The van der Waals surface area contributed by atoms with Crippen LogP contribution in [0.5, 0.6) is 0 Å². The average Bonchev–Trinajstić information content (AvgIpc) is 2.05. The van der Waals surface area contributed by atoms with Crippen molar-refractivity contribution in [1.82, 2.24) is 3.71 Å². The highest BCUT2D eigenvalue weighted by molar-refractivity contribution is 8.65. The number of rotatable bonds is 9. The van der Waals surface area contributed by atoms with Gasteiger partial charge in [-0.05, 0) is 13.8 Å². The Hall–Kier alpha value is 1.34. The minimum Gasteiger partial charge on any atom is -0.336 e. The molecule has 0 rings (SSSR count). The lowest BCUT2D eigenvalue weighted by atomic mass is 10.4. The van der Waals surface area contributed by atoms with Crippen LogP contribution in [-0.4, -0.2) is 50.9 Å². The molecule has 134 valence electrons. The maximum atomic E-state index is 11.8. The molecule has 0 aliphatic rings. The highest BCUT2D eigenvalue weighted by Crippen LogP contribution is 2.71. The van der Waals surface area contributed by atoms with Gasteiger partial charge in [-0.15, -0.1) is 0 Å². The molecule has 22 heavy (non-hydrogen) atoms. The van der Waals surface area contributed by atoms with Crippen LogP contribution in [0.25, 0.3) is 0 Å². The topological polar surface area (TPSA) is 193 Å². The van der Waals surface area contributed by atoms with Gasteiger partial charge in [-0.1, -0.05) is 0 Å². The van der Waals surface area contributed by atoms with E-state index in [-0.39, 0.29) is 23.1 Å². The molecule has 2 atom stereocenters. The van der Waals surface area contributed by atoms with Gasteiger partial charge in [-0.3, -0.25) is 18.3 Å². The number of hydrogen-bond donors (Lipinski definition) is 6. The van der Waals surface area contributed by atoms with Gasteiger partial charge in [0, 0.05) is 29.2 Å². The second kappa shape index (κ2) is 8.15. The van der Waals surface area contributed by atoms with E-state index in [0.717, 1.165) is 3.71 Å². The first-order valence-electron chi connectivity index (χ1n) is 5.34. The molecule has 0 aromatic rings. The van der Waals surface area contributed by atoms with Crippen molar-refractivity contribution in [3.8, 4) is 0 Å². The lowest BCUT2D eigenvalue weighted by Crippen LogP contribution is -2.16. The fourth-order valence-electron chi connectivity index (χ4n) is 0.972. The van der Waals surface area contributed by atoms with Crippen molar-refractivity contribution in [3.63, 3.8) is 0 Å². The molecule has 0 bridgehead atoms. The monoisotopic (exact) mass is 439 g/mol. The van der Waals surface area contributed by atoms with Gasteiger partial charge < -0.3 is 29.4 Å². The third-order valence-electron chi connectivity index (χ3n) is 1.56. The maximum Gasteiger partial charge on any atom is 0.336 e. The number of hydrogen-bond acceptors (Lipinski definition) is 7. The zero-order valence-corrected chi connectivity index (χ0v) is 16.6. The fraction of sp³-hybridized carbons (Fsp3) is 1.00. The molecule has 6 N–H and O–H groups in total. The molecule has 0 fully saturated rings. The highest BCUT2D eigenvalue weighted by Gasteiger charge is 2.38. The molecule has 0 aromatic heterocycles. The Morgan fingerprint density at radius 3 is 1.23 bits per heavy atom. The predicted molar refractivity (Wildman–Crippen MR) is 85.6 cm³/mol. The quantitative estimate of drug-likeness (QED) is 0.224. The Morgan fingerprint density at radius 1 is 0.773 bits per heavy atom. The van der Waals surface area contributed by atoms with Crippen LogP contribution in [0.2, 0.25) is 0 Å². The van der Waals surface area contributed by atoms with Crippen LogP contribution in [-0.2, 0) is 18.3 Å². The summed E-state index contributed by atoms with van der Waals surface area (Å²) in [7, 11) is -9.57. The third kappa shape index (κ3) is 11.8. The summed E-state index contributed by atoms with van der Waals surface area (Å²) in [6.07, 6.45) is 0. The summed E-state index contributed by atoms with van der Waals surface area (Å²) in [4.78, 5) is 54.0. The summed E-state index contributed by atoms with van der Waals surface area (Å²) >= 11 is 0.130. The molecule has 0 radical (unpaired) electrons. The SMILES string of the molecule is CC(C)N(SP(=O)(O)CP(=O)(O)O)SP(=O)(O)CP(=O)(O)O. The van der Waals surface area contributed by atoms with Gasteiger partial charge in [0.15, 0.2) is 0 Å². The molecule has 0 heterocycles. The summed E-state index contributed by atoms with van der Waals surface area (Å²) in [5, 5.41) is 0. The summed E-state index contributed by atoms with van der Waals surface area (Å²) in [6, 6.07) is -0.635. The number of nitrogens with zero attached hydrogens (tertiary/aromatic N) is 1. The normalized spacial score (nSPS) is 19.2. The van der Waals surface area contributed by atoms with Crippen LogP contribution in [0.4, 0.5) is 0 Å². The molecule has 0 amide bonds. The second-order valence-corrected chi connectivity index (χ2v) is 17.6. The standard InChI is InChI=1S/C5H17NO10P4S2/c1-5(2)6(21-19(13,14)3-17(7,8)9)22-20(15,16)4-18(10,11)12/h5H,3-4H2,1-2H3,(H,13,14)(H,15,16)(H2,7,8,9)(H2,10,11,12). The minimum atomic E-state index is -4.78. The first kappa shape index (κ1) is 23.3. The Morgan fingerprint density at radius 2 is 1.05 bits per heavy atom. The lowest BCUT2D eigenvalue weighted by molar-refractivity contribution is 0.374. The van der Waals surface area contributed by atoms with Gasteiger partial charge in [0.1, 0.15) is 11.8 Å². The van der Waals surface area contributed by atoms with Gasteiger partial charge in [0.05, 0.1) is 0 Å². The smallest absolute Gasteiger partial charge is 0.336 e. The third-order valence-corrected chi connectivity index (χ3v) is 14.8.